The van der Waals surface area contributed by atoms with Gasteiger partial charge < -0.3 is 10.4 Å². The molecule has 0 radical (unpaired) electrons. The van der Waals surface area contributed by atoms with Crippen LogP contribution >= 0.6 is 11.8 Å². The molecule has 0 fully saturated rings. The van der Waals surface area contributed by atoms with Crippen LogP contribution in [0, 0.1) is 13.8 Å². The Labute approximate surface area is 108 Å². The molecule has 1 aromatic rings. The Kier molecular flexibility index (Phi) is 6.02. The summed E-state index contributed by atoms with van der Waals surface area (Å²) >= 11 is 1.87. The Morgan fingerprint density at radius 1 is 1.47 bits per heavy atom. The highest BCUT2D eigenvalue weighted by atomic mass is 32.2. The molecule has 1 rings (SSSR count). The molecule has 0 saturated carbocycles. The molecule has 0 aromatic carbocycles. The number of aliphatic hydroxyl groups is 1. The summed E-state index contributed by atoms with van der Waals surface area (Å²) in [6.07, 6.45) is 2.13. The van der Waals surface area contributed by atoms with Crippen LogP contribution in [-0.2, 0) is 13.1 Å². The first-order valence-corrected chi connectivity index (χ1v) is 7.26. The topological polar surface area (TPSA) is 50.1 Å². The predicted octanol–water partition coefficient (Wildman–Crippen LogP) is 1.33. The molecular formula is C12H23N3OS. The van der Waals surface area contributed by atoms with Crippen molar-refractivity contribution in [2.24, 2.45) is 0 Å². The summed E-state index contributed by atoms with van der Waals surface area (Å²) in [6, 6.07) is 0. The van der Waals surface area contributed by atoms with Crippen LogP contribution in [0.4, 0.5) is 0 Å². The molecule has 17 heavy (non-hydrogen) atoms. The normalized spacial score (nSPS) is 13.0. The van der Waals surface area contributed by atoms with Gasteiger partial charge in [0.2, 0.25) is 0 Å². The van der Waals surface area contributed by atoms with Gasteiger partial charge in [-0.25, -0.2) is 0 Å². The lowest BCUT2D eigenvalue weighted by Gasteiger charge is -2.10. The van der Waals surface area contributed by atoms with Crippen LogP contribution in [-0.4, -0.2) is 39.5 Å². The lowest BCUT2D eigenvalue weighted by Crippen LogP contribution is -2.22. The molecule has 0 bridgehead atoms. The molecule has 0 saturated heterocycles. The van der Waals surface area contributed by atoms with Gasteiger partial charge in [-0.3, -0.25) is 4.68 Å². The summed E-state index contributed by atoms with van der Waals surface area (Å²) in [6.45, 7) is 8.87. The number of nitrogens with one attached hydrogen (secondary N) is 1. The zero-order chi connectivity index (χ0) is 12.8. The van der Waals surface area contributed by atoms with Crippen molar-refractivity contribution in [3.05, 3.63) is 17.0 Å². The molecule has 1 unspecified atom stereocenters. The highest BCUT2D eigenvalue weighted by Crippen LogP contribution is 2.13. The van der Waals surface area contributed by atoms with E-state index in [2.05, 4.69) is 30.5 Å². The molecule has 1 heterocycles. The largest absolute Gasteiger partial charge is 0.394 e. The molecule has 0 spiro atoms. The summed E-state index contributed by atoms with van der Waals surface area (Å²) < 4.78 is 1.88. The number of rotatable bonds is 7. The van der Waals surface area contributed by atoms with Crippen LogP contribution in [0.3, 0.4) is 0 Å². The monoisotopic (exact) mass is 257 g/mol. The number of aliphatic hydroxyl groups excluding tert-OH is 1. The van der Waals surface area contributed by atoms with Gasteiger partial charge in [-0.05, 0) is 20.1 Å². The van der Waals surface area contributed by atoms with E-state index in [9.17, 15) is 0 Å². The van der Waals surface area contributed by atoms with E-state index < -0.39 is 0 Å². The fourth-order valence-electron chi connectivity index (χ4n) is 1.79. The van der Waals surface area contributed by atoms with Crippen LogP contribution in [0.15, 0.2) is 0 Å². The third-order valence-corrected chi connectivity index (χ3v) is 3.95. The van der Waals surface area contributed by atoms with E-state index in [0.717, 1.165) is 24.5 Å². The number of thioether (sulfide) groups is 1. The molecule has 5 heteroatoms. The molecule has 0 aliphatic heterocycles. The van der Waals surface area contributed by atoms with Gasteiger partial charge in [-0.1, -0.05) is 6.92 Å². The average Bonchev–Trinajstić information content (AvgIpc) is 2.57. The standard InChI is InChI=1S/C12H23N3OS/c1-9(17-4)7-13-8-12-10(2)14-15(5-6-16)11(12)3/h9,13,16H,5-8H2,1-4H3. The van der Waals surface area contributed by atoms with E-state index in [4.69, 9.17) is 5.11 Å². The fourth-order valence-corrected chi connectivity index (χ4v) is 2.07. The van der Waals surface area contributed by atoms with Crippen molar-refractivity contribution >= 4 is 11.8 Å². The van der Waals surface area contributed by atoms with E-state index in [-0.39, 0.29) is 6.61 Å². The maximum absolute atomic E-state index is 8.95. The SMILES string of the molecule is CSC(C)CNCc1c(C)nn(CCO)c1C. The lowest BCUT2D eigenvalue weighted by molar-refractivity contribution is 0.267. The molecule has 2 N–H and O–H groups in total. The zero-order valence-electron chi connectivity index (χ0n) is 11.2. The highest BCUT2D eigenvalue weighted by Gasteiger charge is 2.10. The van der Waals surface area contributed by atoms with Crippen molar-refractivity contribution in [2.75, 3.05) is 19.4 Å². The molecule has 0 amide bonds. The van der Waals surface area contributed by atoms with Crippen LogP contribution in [0.5, 0.6) is 0 Å². The minimum atomic E-state index is 0.137. The van der Waals surface area contributed by atoms with Crippen LogP contribution < -0.4 is 5.32 Å². The molecule has 4 nitrogen and oxygen atoms in total. The van der Waals surface area contributed by atoms with E-state index in [1.54, 1.807) is 0 Å². The second kappa shape index (κ2) is 7.03. The summed E-state index contributed by atoms with van der Waals surface area (Å²) in [5, 5.41) is 17.5. The molecule has 0 aliphatic rings. The summed E-state index contributed by atoms with van der Waals surface area (Å²) in [4.78, 5) is 0. The highest BCUT2D eigenvalue weighted by molar-refractivity contribution is 7.99. The van der Waals surface area contributed by atoms with Crippen LogP contribution in [0.1, 0.15) is 23.9 Å². The lowest BCUT2D eigenvalue weighted by atomic mass is 10.2. The average molecular weight is 257 g/mol. The molecule has 1 atom stereocenters. The van der Waals surface area contributed by atoms with Crippen LogP contribution in [0.2, 0.25) is 0 Å². The second-order valence-corrected chi connectivity index (χ2v) is 5.55. The van der Waals surface area contributed by atoms with Gasteiger partial charge in [0.15, 0.2) is 0 Å². The van der Waals surface area contributed by atoms with Gasteiger partial charge in [0.05, 0.1) is 18.8 Å². The number of aryl methyl sites for hydroxylation is 1. The van der Waals surface area contributed by atoms with Crippen molar-refractivity contribution in [3.8, 4) is 0 Å². The molecular weight excluding hydrogens is 234 g/mol. The quantitative estimate of drug-likeness (QED) is 0.774. The van der Waals surface area contributed by atoms with Crippen molar-refractivity contribution in [3.63, 3.8) is 0 Å². The summed E-state index contributed by atoms with van der Waals surface area (Å²) in [5.74, 6) is 0. The molecule has 1 aromatic heterocycles. The van der Waals surface area contributed by atoms with Crippen molar-refractivity contribution in [2.45, 2.75) is 39.1 Å². The maximum atomic E-state index is 8.95. The predicted molar refractivity (Wildman–Crippen MR) is 73.5 cm³/mol. The van der Waals surface area contributed by atoms with Crippen molar-refractivity contribution in [1.29, 1.82) is 0 Å². The van der Waals surface area contributed by atoms with E-state index in [1.165, 1.54) is 5.56 Å². The van der Waals surface area contributed by atoms with Crippen molar-refractivity contribution < 1.29 is 5.11 Å². The van der Waals surface area contributed by atoms with Gasteiger partial charge in [0.1, 0.15) is 0 Å². The van der Waals surface area contributed by atoms with E-state index in [1.807, 2.05) is 23.4 Å². The van der Waals surface area contributed by atoms with Gasteiger partial charge in [-0.15, -0.1) is 0 Å². The van der Waals surface area contributed by atoms with Gasteiger partial charge >= 0.3 is 0 Å². The Hall–Kier alpha value is -0.520. The third kappa shape index (κ3) is 4.01. The first-order chi connectivity index (χ1) is 8.10. The number of hydrogen-bond donors (Lipinski definition) is 2. The molecule has 98 valence electrons. The van der Waals surface area contributed by atoms with E-state index in [0.29, 0.717) is 11.8 Å². The second-order valence-electron chi connectivity index (χ2n) is 4.27. The minimum Gasteiger partial charge on any atom is -0.394 e. The summed E-state index contributed by atoms with van der Waals surface area (Å²) in [7, 11) is 0. The van der Waals surface area contributed by atoms with Gasteiger partial charge in [-0.2, -0.15) is 16.9 Å². The Morgan fingerprint density at radius 2 is 2.18 bits per heavy atom. The van der Waals surface area contributed by atoms with Gasteiger partial charge in [0.25, 0.3) is 0 Å². The maximum Gasteiger partial charge on any atom is 0.0644 e. The first kappa shape index (κ1) is 14.5. The number of hydrogen-bond acceptors (Lipinski definition) is 4. The Balaban J connectivity index is 2.58. The zero-order valence-corrected chi connectivity index (χ0v) is 12.0. The first-order valence-electron chi connectivity index (χ1n) is 5.97. The third-order valence-electron chi connectivity index (χ3n) is 2.98. The van der Waals surface area contributed by atoms with Crippen molar-refractivity contribution in [1.82, 2.24) is 15.1 Å². The Morgan fingerprint density at radius 3 is 2.76 bits per heavy atom. The van der Waals surface area contributed by atoms with Crippen LogP contribution in [0.25, 0.3) is 0 Å². The van der Waals surface area contributed by atoms with Gasteiger partial charge in [0, 0.05) is 29.6 Å². The molecule has 0 aliphatic carbocycles. The minimum absolute atomic E-state index is 0.137. The summed E-state index contributed by atoms with van der Waals surface area (Å²) in [5.41, 5.74) is 3.47. The fraction of sp³-hybridized carbons (Fsp3) is 0.750. The van der Waals surface area contributed by atoms with E-state index >= 15 is 0 Å². The smallest absolute Gasteiger partial charge is 0.0644 e. The number of aromatic nitrogens is 2. The number of nitrogens with zero attached hydrogens (tertiary/aromatic N) is 2. The Bertz CT molecular complexity index is 352.